The first kappa shape index (κ1) is 21.0. The topological polar surface area (TPSA) is 66.5 Å². The second-order valence-electron chi connectivity index (χ2n) is 6.50. The van der Waals surface area contributed by atoms with E-state index in [4.69, 9.17) is 0 Å². The van der Waals surface area contributed by atoms with Crippen molar-refractivity contribution >= 4 is 21.6 Å². The Morgan fingerprint density at radius 1 is 1.04 bits per heavy atom. The van der Waals surface area contributed by atoms with Gasteiger partial charge in [-0.2, -0.15) is 0 Å². The number of carbonyl (C=O) groups excluding carboxylic acids is 1. The Balaban J connectivity index is 2.26. The van der Waals surface area contributed by atoms with Gasteiger partial charge >= 0.3 is 0 Å². The molecule has 0 aliphatic rings. The fraction of sp³-hybridized carbons (Fsp3) is 0.381. The van der Waals surface area contributed by atoms with Crippen LogP contribution in [-0.2, 0) is 10.0 Å². The maximum Gasteiger partial charge on any atom is 0.264 e. The molecule has 0 fully saturated rings. The fourth-order valence-corrected chi connectivity index (χ4v) is 4.39. The quantitative estimate of drug-likeness (QED) is 0.657. The largest absolute Gasteiger partial charge is 0.352 e. The summed E-state index contributed by atoms with van der Waals surface area (Å²) >= 11 is 0. The smallest absolute Gasteiger partial charge is 0.264 e. The van der Waals surface area contributed by atoms with Gasteiger partial charge in [0.05, 0.1) is 10.6 Å². The minimum absolute atomic E-state index is 0.118. The number of unbranched alkanes of at least 4 members (excludes halogenated alkanes) is 2. The molecule has 2 aromatic rings. The van der Waals surface area contributed by atoms with E-state index in [0.29, 0.717) is 24.3 Å². The summed E-state index contributed by atoms with van der Waals surface area (Å²) < 4.78 is 27.6. The molecule has 146 valence electrons. The van der Waals surface area contributed by atoms with Gasteiger partial charge in [0.25, 0.3) is 15.9 Å². The van der Waals surface area contributed by atoms with Crippen molar-refractivity contribution in [2.45, 2.75) is 44.9 Å². The third kappa shape index (κ3) is 5.32. The second kappa shape index (κ2) is 9.55. The van der Waals surface area contributed by atoms with Crippen LogP contribution in [0.3, 0.4) is 0 Å². The van der Waals surface area contributed by atoms with Crippen LogP contribution < -0.4 is 9.62 Å². The minimum Gasteiger partial charge on any atom is -0.352 e. The summed E-state index contributed by atoms with van der Waals surface area (Å²) in [6, 6.07) is 13.6. The van der Waals surface area contributed by atoms with Crippen LogP contribution >= 0.6 is 0 Å². The van der Waals surface area contributed by atoms with Gasteiger partial charge in [0.1, 0.15) is 0 Å². The molecule has 0 aromatic heterocycles. The SMILES string of the molecule is CCCCCNC(=O)c1cccc(S(=O)(=O)N(CC)c2cccc(C)c2)c1. The Hall–Kier alpha value is -2.34. The summed E-state index contributed by atoms with van der Waals surface area (Å²) in [4.78, 5) is 12.4. The van der Waals surface area contributed by atoms with Crippen molar-refractivity contribution in [1.29, 1.82) is 0 Å². The normalized spacial score (nSPS) is 11.2. The zero-order valence-corrected chi connectivity index (χ0v) is 17.1. The van der Waals surface area contributed by atoms with Crippen molar-refractivity contribution in [3.63, 3.8) is 0 Å². The number of anilines is 1. The van der Waals surface area contributed by atoms with Crippen LogP contribution in [-0.4, -0.2) is 27.4 Å². The molecule has 6 heteroatoms. The average molecular weight is 389 g/mol. The highest BCUT2D eigenvalue weighted by Gasteiger charge is 2.24. The highest BCUT2D eigenvalue weighted by molar-refractivity contribution is 7.92. The van der Waals surface area contributed by atoms with Crippen molar-refractivity contribution < 1.29 is 13.2 Å². The van der Waals surface area contributed by atoms with Crippen LogP contribution in [0, 0.1) is 6.92 Å². The van der Waals surface area contributed by atoms with Crippen molar-refractivity contribution in [1.82, 2.24) is 5.32 Å². The molecule has 0 spiro atoms. The van der Waals surface area contributed by atoms with E-state index in [9.17, 15) is 13.2 Å². The molecule has 0 saturated carbocycles. The van der Waals surface area contributed by atoms with E-state index in [-0.39, 0.29) is 10.8 Å². The van der Waals surface area contributed by atoms with Crippen molar-refractivity contribution in [3.05, 3.63) is 59.7 Å². The van der Waals surface area contributed by atoms with Crippen molar-refractivity contribution in [3.8, 4) is 0 Å². The molecule has 0 saturated heterocycles. The van der Waals surface area contributed by atoms with Gasteiger partial charge in [-0.15, -0.1) is 0 Å². The maximum absolute atomic E-state index is 13.1. The van der Waals surface area contributed by atoms with Crippen LogP contribution in [0.15, 0.2) is 53.4 Å². The lowest BCUT2D eigenvalue weighted by atomic mass is 10.2. The van der Waals surface area contributed by atoms with Gasteiger partial charge in [0.2, 0.25) is 0 Å². The van der Waals surface area contributed by atoms with E-state index in [0.717, 1.165) is 24.8 Å². The van der Waals surface area contributed by atoms with Crippen LogP contribution in [0.1, 0.15) is 49.0 Å². The van der Waals surface area contributed by atoms with Gasteiger partial charge in [-0.25, -0.2) is 8.42 Å². The lowest BCUT2D eigenvalue weighted by molar-refractivity contribution is 0.0952. The number of hydrogen-bond donors (Lipinski definition) is 1. The van der Waals surface area contributed by atoms with Gasteiger partial charge in [-0.05, 0) is 56.2 Å². The number of rotatable bonds is 9. The molecule has 0 bridgehead atoms. The Morgan fingerprint density at radius 2 is 1.78 bits per heavy atom. The van der Waals surface area contributed by atoms with Crippen LogP contribution in [0.2, 0.25) is 0 Å². The first-order valence-corrected chi connectivity index (χ1v) is 10.8. The zero-order valence-electron chi connectivity index (χ0n) is 16.2. The molecule has 0 aliphatic heterocycles. The third-order valence-corrected chi connectivity index (χ3v) is 6.23. The molecule has 2 rings (SSSR count). The first-order valence-electron chi connectivity index (χ1n) is 9.37. The van der Waals surface area contributed by atoms with Crippen LogP contribution in [0.4, 0.5) is 5.69 Å². The average Bonchev–Trinajstić information content (AvgIpc) is 2.65. The van der Waals surface area contributed by atoms with Crippen molar-refractivity contribution in [2.75, 3.05) is 17.4 Å². The molecule has 0 heterocycles. The molecule has 1 N–H and O–H groups in total. The van der Waals surface area contributed by atoms with E-state index in [2.05, 4.69) is 12.2 Å². The van der Waals surface area contributed by atoms with Gasteiger partial charge in [-0.1, -0.05) is 38.0 Å². The molecule has 0 aliphatic carbocycles. The van der Waals surface area contributed by atoms with E-state index in [1.165, 1.54) is 16.4 Å². The van der Waals surface area contributed by atoms with E-state index in [1.807, 2.05) is 25.1 Å². The molecular weight excluding hydrogens is 360 g/mol. The van der Waals surface area contributed by atoms with Gasteiger partial charge in [-0.3, -0.25) is 9.10 Å². The van der Waals surface area contributed by atoms with Crippen LogP contribution in [0.25, 0.3) is 0 Å². The Labute approximate surface area is 162 Å². The number of amides is 1. The summed E-state index contributed by atoms with van der Waals surface area (Å²) in [6.45, 7) is 6.72. The summed E-state index contributed by atoms with van der Waals surface area (Å²) in [5.74, 6) is -0.248. The number of benzene rings is 2. The van der Waals surface area contributed by atoms with Crippen LogP contribution in [0.5, 0.6) is 0 Å². The number of sulfonamides is 1. The molecule has 0 radical (unpaired) electrons. The maximum atomic E-state index is 13.1. The van der Waals surface area contributed by atoms with Gasteiger partial charge < -0.3 is 5.32 Å². The Bertz CT molecular complexity index is 879. The number of nitrogens with one attached hydrogen (secondary N) is 1. The first-order chi connectivity index (χ1) is 12.9. The molecule has 1 amide bonds. The summed E-state index contributed by atoms with van der Waals surface area (Å²) in [5, 5.41) is 2.85. The summed E-state index contributed by atoms with van der Waals surface area (Å²) in [6.07, 6.45) is 3.04. The van der Waals surface area contributed by atoms with Gasteiger partial charge in [0, 0.05) is 18.7 Å². The second-order valence-corrected chi connectivity index (χ2v) is 8.36. The summed E-state index contributed by atoms with van der Waals surface area (Å²) in [7, 11) is -3.75. The molecule has 0 atom stereocenters. The molecule has 27 heavy (non-hydrogen) atoms. The van der Waals surface area contributed by atoms with E-state index < -0.39 is 10.0 Å². The van der Waals surface area contributed by atoms with E-state index >= 15 is 0 Å². The molecule has 0 unspecified atom stereocenters. The number of carbonyl (C=O) groups is 1. The Kier molecular flexibility index (Phi) is 7.42. The number of hydrogen-bond acceptors (Lipinski definition) is 3. The molecular formula is C21H28N2O3S. The number of nitrogens with zero attached hydrogens (tertiary/aromatic N) is 1. The zero-order chi connectivity index (χ0) is 19.9. The lowest BCUT2D eigenvalue weighted by Gasteiger charge is -2.23. The monoisotopic (exact) mass is 388 g/mol. The lowest BCUT2D eigenvalue weighted by Crippen LogP contribution is -2.31. The predicted molar refractivity (Wildman–Crippen MR) is 110 cm³/mol. The highest BCUT2D eigenvalue weighted by atomic mass is 32.2. The third-order valence-electron chi connectivity index (χ3n) is 4.33. The highest BCUT2D eigenvalue weighted by Crippen LogP contribution is 2.24. The molecule has 2 aromatic carbocycles. The minimum atomic E-state index is -3.75. The summed E-state index contributed by atoms with van der Waals surface area (Å²) in [5.41, 5.74) is 1.96. The van der Waals surface area contributed by atoms with Gasteiger partial charge in [0.15, 0.2) is 0 Å². The fourth-order valence-electron chi connectivity index (χ4n) is 2.88. The molecule has 5 nitrogen and oxygen atoms in total. The predicted octanol–water partition coefficient (Wildman–Crippen LogP) is 4.13. The Morgan fingerprint density at radius 3 is 2.44 bits per heavy atom. The standard InChI is InChI=1S/C21H28N2O3S/c1-4-6-7-14-22-21(24)18-11-9-13-20(16-18)27(25,26)23(5-2)19-12-8-10-17(3)15-19/h8-13,15-16H,4-7,14H2,1-3H3,(H,22,24). The van der Waals surface area contributed by atoms with E-state index in [1.54, 1.807) is 25.1 Å². The number of aryl methyl sites for hydroxylation is 1. The van der Waals surface area contributed by atoms with Crippen molar-refractivity contribution in [2.24, 2.45) is 0 Å².